The Bertz CT molecular complexity index is 1740. The number of aliphatic hydroxyl groups excluding tert-OH is 1. The number of aliphatic hydroxyl groups is 1. The molecule has 206 valence electrons. The Morgan fingerprint density at radius 1 is 1.23 bits per heavy atom. The molecule has 4 rings (SSSR count). The summed E-state index contributed by atoms with van der Waals surface area (Å²) in [6.45, 7) is 5.22. The number of hydrogen-bond acceptors (Lipinski definition) is 8. The molecule has 0 radical (unpaired) electrons. The number of benzene rings is 2. The third kappa shape index (κ3) is 5.19. The first-order valence-corrected chi connectivity index (χ1v) is 15.2. The zero-order valence-corrected chi connectivity index (χ0v) is 23.6. The molecule has 1 atom stereocenters. The lowest BCUT2D eigenvalue weighted by molar-refractivity contribution is -0.129. The fourth-order valence-corrected chi connectivity index (χ4v) is 6.83. The lowest BCUT2D eigenvalue weighted by Gasteiger charge is -2.35. The molecule has 0 aromatic heterocycles. The van der Waals surface area contributed by atoms with Gasteiger partial charge in [0.15, 0.2) is 4.91 Å². The maximum atomic E-state index is 13.8. The molecule has 2 heterocycles. The van der Waals surface area contributed by atoms with Gasteiger partial charge in [0.2, 0.25) is 19.9 Å². The van der Waals surface area contributed by atoms with Crippen LogP contribution in [0.15, 0.2) is 63.2 Å². The van der Waals surface area contributed by atoms with Crippen LogP contribution in [0.1, 0.15) is 26.3 Å². The highest BCUT2D eigenvalue weighted by Crippen LogP contribution is 2.44. The summed E-state index contributed by atoms with van der Waals surface area (Å²) in [7, 11) is -8.26. The number of sulfonamides is 1. The van der Waals surface area contributed by atoms with Gasteiger partial charge in [0.05, 0.1) is 33.6 Å². The number of nitrogens with one attached hydrogen (secondary N) is 2. The number of anilines is 2. The summed E-state index contributed by atoms with van der Waals surface area (Å²) in [5.74, 6) is -1.83. The van der Waals surface area contributed by atoms with E-state index in [4.69, 9.17) is 11.6 Å². The third-order valence-electron chi connectivity index (χ3n) is 6.14. The number of fused-ring (bicyclic) bond motifs is 1. The quantitative estimate of drug-likeness (QED) is 0.468. The van der Waals surface area contributed by atoms with Gasteiger partial charge < -0.3 is 15.3 Å². The maximum Gasteiger partial charge on any atom is 0.260 e. The summed E-state index contributed by atoms with van der Waals surface area (Å²) in [5.41, 5.74) is -1.13. The van der Waals surface area contributed by atoms with E-state index in [2.05, 4.69) is 10.0 Å². The summed E-state index contributed by atoms with van der Waals surface area (Å²) >= 11 is 5.91. The highest BCUT2D eigenvalue weighted by atomic mass is 35.5. The number of nitrogens with zero attached hydrogens (tertiary/aromatic N) is 2. The van der Waals surface area contributed by atoms with Gasteiger partial charge in [0, 0.05) is 12.2 Å². The van der Waals surface area contributed by atoms with Gasteiger partial charge in [-0.05, 0) is 41.3 Å². The van der Waals surface area contributed by atoms with E-state index in [9.17, 15) is 36.4 Å². The van der Waals surface area contributed by atoms with Crippen LogP contribution in [0.4, 0.5) is 15.8 Å². The van der Waals surface area contributed by atoms with Gasteiger partial charge in [-0.15, -0.1) is 0 Å². The molecule has 0 unspecified atom stereocenters. The lowest BCUT2D eigenvalue weighted by atomic mass is 9.85. The number of halogens is 2. The topological polar surface area (TPSA) is 157 Å². The van der Waals surface area contributed by atoms with Crippen LogP contribution in [0.2, 0.25) is 5.02 Å². The Morgan fingerprint density at radius 3 is 2.46 bits per heavy atom. The predicted molar refractivity (Wildman–Crippen MR) is 143 cm³/mol. The minimum absolute atomic E-state index is 0.0211. The van der Waals surface area contributed by atoms with Crippen LogP contribution in [0.3, 0.4) is 0 Å². The second-order valence-electron chi connectivity index (χ2n) is 10.2. The zero-order chi connectivity index (χ0) is 29.1. The second kappa shape index (κ2) is 9.55. The van der Waals surface area contributed by atoms with E-state index in [-0.39, 0.29) is 27.8 Å². The van der Waals surface area contributed by atoms with Crippen LogP contribution < -0.4 is 10.0 Å². The molecule has 3 N–H and O–H groups in total. The molecule has 14 heteroatoms. The lowest BCUT2D eigenvalue weighted by Crippen LogP contribution is -2.43. The van der Waals surface area contributed by atoms with Gasteiger partial charge in [0.25, 0.3) is 5.91 Å². The molecular formula is C25H24ClFN4O6S2. The Kier molecular flexibility index (Phi) is 6.95. The van der Waals surface area contributed by atoms with E-state index in [1.807, 2.05) is 0 Å². The largest absolute Gasteiger partial charge is 0.509 e. The van der Waals surface area contributed by atoms with Crippen molar-refractivity contribution in [1.82, 2.24) is 4.90 Å². The van der Waals surface area contributed by atoms with Crippen molar-refractivity contribution >= 4 is 48.7 Å². The van der Waals surface area contributed by atoms with Gasteiger partial charge in [-0.2, -0.15) is 5.26 Å². The number of rotatable bonds is 5. The molecule has 2 aliphatic rings. The van der Waals surface area contributed by atoms with Crippen LogP contribution in [0, 0.1) is 22.6 Å². The molecule has 2 aromatic carbocycles. The number of amides is 1. The van der Waals surface area contributed by atoms with Gasteiger partial charge >= 0.3 is 0 Å². The Labute approximate surface area is 230 Å². The first-order valence-electron chi connectivity index (χ1n) is 11.4. The fourth-order valence-electron chi connectivity index (χ4n) is 4.62. The Morgan fingerprint density at radius 2 is 1.90 bits per heavy atom. The summed E-state index contributed by atoms with van der Waals surface area (Å²) in [6.07, 6.45) is 0.899. The van der Waals surface area contributed by atoms with Gasteiger partial charge in [-0.3, -0.25) is 9.52 Å². The number of nitriles is 1. The predicted octanol–water partition coefficient (Wildman–Crippen LogP) is 4.05. The Hall–Kier alpha value is -3.60. The summed E-state index contributed by atoms with van der Waals surface area (Å²) in [6, 6.07) is 8.27. The average molecular weight is 595 g/mol. The molecule has 1 amide bonds. The third-order valence-corrected chi connectivity index (χ3v) is 8.79. The number of carbonyl (C=O) groups is 1. The molecule has 0 saturated heterocycles. The highest BCUT2D eigenvalue weighted by molar-refractivity contribution is 7.96. The summed E-state index contributed by atoms with van der Waals surface area (Å²) in [5, 5.41) is 23.8. The van der Waals surface area contributed by atoms with E-state index < -0.39 is 65.0 Å². The minimum atomic E-state index is -4.54. The molecule has 2 aromatic rings. The standard InChI is InChI=1S/C25H24ClFN4O6S2/c1-25(2,3)23-22(32)20(24(33)31(23)12-13-5-7-16(27)15(26)9-13)21-19(11-28)39(36,37)18-10-14(30-38(4,34)35)6-8-17(18)29-21/h5-10,23,29-30,32H,12H2,1-4H3/t23-/m1/s1. The molecule has 10 nitrogen and oxygen atoms in total. The highest BCUT2D eigenvalue weighted by Gasteiger charge is 2.49. The zero-order valence-electron chi connectivity index (χ0n) is 21.2. The van der Waals surface area contributed by atoms with Crippen molar-refractivity contribution in [3.8, 4) is 6.07 Å². The van der Waals surface area contributed by atoms with Crippen LogP contribution in [-0.4, -0.2) is 45.0 Å². The molecular weight excluding hydrogens is 571 g/mol. The van der Waals surface area contributed by atoms with Crippen molar-refractivity contribution in [2.45, 2.75) is 38.3 Å². The monoisotopic (exact) mass is 594 g/mol. The van der Waals surface area contributed by atoms with Crippen molar-refractivity contribution in [3.05, 3.63) is 74.7 Å². The van der Waals surface area contributed by atoms with Crippen molar-refractivity contribution < 1.29 is 31.1 Å². The minimum Gasteiger partial charge on any atom is -0.509 e. The van der Waals surface area contributed by atoms with Gasteiger partial charge in [-0.1, -0.05) is 38.4 Å². The summed E-state index contributed by atoms with van der Waals surface area (Å²) in [4.78, 5) is 13.9. The Balaban J connectivity index is 1.85. The first kappa shape index (κ1) is 28.4. The van der Waals surface area contributed by atoms with Crippen LogP contribution in [0.5, 0.6) is 0 Å². The maximum absolute atomic E-state index is 13.8. The second-order valence-corrected chi connectivity index (χ2v) is 14.3. The van der Waals surface area contributed by atoms with Crippen molar-refractivity contribution in [2.24, 2.45) is 5.41 Å². The number of allylic oxidation sites excluding steroid dienone is 1. The van der Waals surface area contributed by atoms with Crippen molar-refractivity contribution in [2.75, 3.05) is 16.3 Å². The molecule has 2 aliphatic heterocycles. The number of sulfone groups is 1. The molecule has 0 fully saturated rings. The van der Waals surface area contributed by atoms with E-state index in [1.54, 1.807) is 26.8 Å². The van der Waals surface area contributed by atoms with Gasteiger partial charge in [-0.25, -0.2) is 21.2 Å². The first-order chi connectivity index (χ1) is 18.0. The number of carbonyl (C=O) groups excluding carboxylic acids is 1. The average Bonchev–Trinajstić information content (AvgIpc) is 3.04. The van der Waals surface area contributed by atoms with E-state index in [0.717, 1.165) is 18.4 Å². The number of hydrogen-bond donors (Lipinski definition) is 3. The molecule has 0 aliphatic carbocycles. The summed E-state index contributed by atoms with van der Waals surface area (Å²) < 4.78 is 66.1. The molecule has 0 bridgehead atoms. The fraction of sp³-hybridized carbons (Fsp3) is 0.280. The smallest absolute Gasteiger partial charge is 0.260 e. The SMILES string of the molecule is CC(C)(C)[C@H]1C(O)=C(C2=C(C#N)S(=O)(=O)c3cc(NS(C)(=O)=O)ccc3N2)C(=O)N1Cc1ccc(F)c(Cl)c1. The van der Waals surface area contributed by atoms with Crippen LogP contribution in [0.25, 0.3) is 0 Å². The molecule has 39 heavy (non-hydrogen) atoms. The van der Waals surface area contributed by atoms with Crippen LogP contribution >= 0.6 is 11.6 Å². The normalized spacial score (nSPS) is 19.1. The van der Waals surface area contributed by atoms with E-state index in [0.29, 0.717) is 5.56 Å². The van der Waals surface area contributed by atoms with E-state index >= 15 is 0 Å². The van der Waals surface area contributed by atoms with Crippen molar-refractivity contribution in [3.63, 3.8) is 0 Å². The van der Waals surface area contributed by atoms with Crippen molar-refractivity contribution in [1.29, 1.82) is 5.26 Å². The van der Waals surface area contributed by atoms with E-state index in [1.165, 1.54) is 29.2 Å². The molecule has 0 spiro atoms. The molecule has 0 saturated carbocycles. The van der Waals surface area contributed by atoms with Crippen LogP contribution in [-0.2, 0) is 31.2 Å². The van der Waals surface area contributed by atoms with Gasteiger partial charge in [0.1, 0.15) is 23.2 Å².